The molecular weight excluding hydrogens is 232 g/mol. The number of hydrogen-bond donors (Lipinski definition) is 2. The van der Waals surface area contributed by atoms with Gasteiger partial charge in [0.2, 0.25) is 5.91 Å². The molecule has 1 aliphatic carbocycles. The number of carbonyl (C=O) groups excluding carboxylic acids is 1. The van der Waals surface area contributed by atoms with Gasteiger partial charge in [-0.25, -0.2) is 0 Å². The Morgan fingerprint density at radius 2 is 1.94 bits per heavy atom. The van der Waals surface area contributed by atoms with E-state index >= 15 is 0 Å². The molecular formula is C13H22N2O3. The molecule has 1 heterocycles. The molecule has 102 valence electrons. The Labute approximate surface area is 108 Å². The zero-order chi connectivity index (χ0) is 13.1. The monoisotopic (exact) mass is 254 g/mol. The van der Waals surface area contributed by atoms with Crippen molar-refractivity contribution in [3.05, 3.63) is 0 Å². The van der Waals surface area contributed by atoms with Crippen molar-refractivity contribution >= 4 is 11.9 Å². The van der Waals surface area contributed by atoms with E-state index in [1.807, 2.05) is 11.8 Å². The third kappa shape index (κ3) is 3.22. The number of nitrogens with one attached hydrogen (secondary N) is 1. The molecule has 5 nitrogen and oxygen atoms in total. The Bertz CT molecular complexity index is 328. The number of hydrogen-bond acceptors (Lipinski definition) is 3. The minimum atomic E-state index is -0.803. The fraction of sp³-hybridized carbons (Fsp3) is 0.846. The summed E-state index contributed by atoms with van der Waals surface area (Å²) in [6, 6.07) is -0.521. The first-order chi connectivity index (χ1) is 8.59. The van der Waals surface area contributed by atoms with Crippen molar-refractivity contribution in [3.63, 3.8) is 0 Å². The van der Waals surface area contributed by atoms with Gasteiger partial charge in [0.1, 0.15) is 6.04 Å². The van der Waals surface area contributed by atoms with Crippen LogP contribution in [0.1, 0.15) is 45.4 Å². The standard InChI is InChI=1S/C13H22N2O3/c1-9(12(16)14-10-6-7-10)15-8-4-2-3-5-11(15)13(17)18/h9-11H,2-8H2,1H3,(H,14,16)(H,17,18). The highest BCUT2D eigenvalue weighted by Crippen LogP contribution is 2.22. The van der Waals surface area contributed by atoms with Gasteiger partial charge in [-0.05, 0) is 39.2 Å². The van der Waals surface area contributed by atoms with Crippen LogP contribution in [0.5, 0.6) is 0 Å². The topological polar surface area (TPSA) is 69.6 Å². The lowest BCUT2D eigenvalue weighted by Gasteiger charge is -2.31. The second-order valence-corrected chi connectivity index (χ2v) is 5.40. The first kappa shape index (κ1) is 13.3. The van der Waals surface area contributed by atoms with E-state index in [1.54, 1.807) is 0 Å². The summed E-state index contributed by atoms with van der Waals surface area (Å²) in [6.07, 6.45) is 5.73. The molecule has 1 amide bonds. The average Bonchev–Trinajstić information content (AvgIpc) is 3.12. The molecule has 2 N–H and O–H groups in total. The van der Waals surface area contributed by atoms with Gasteiger partial charge < -0.3 is 10.4 Å². The van der Waals surface area contributed by atoms with E-state index in [0.29, 0.717) is 19.0 Å². The number of likely N-dealkylation sites (tertiary alicyclic amines) is 1. The molecule has 0 aromatic carbocycles. The molecule has 0 spiro atoms. The maximum atomic E-state index is 12.0. The van der Waals surface area contributed by atoms with Crippen LogP contribution in [0.25, 0.3) is 0 Å². The summed E-state index contributed by atoms with van der Waals surface area (Å²) < 4.78 is 0. The summed E-state index contributed by atoms with van der Waals surface area (Å²) in [5, 5.41) is 12.2. The van der Waals surface area contributed by atoms with Crippen LogP contribution in [0.15, 0.2) is 0 Å². The summed E-state index contributed by atoms with van der Waals surface area (Å²) in [7, 11) is 0. The van der Waals surface area contributed by atoms with Crippen LogP contribution < -0.4 is 5.32 Å². The first-order valence-electron chi connectivity index (χ1n) is 6.88. The van der Waals surface area contributed by atoms with Crippen LogP contribution >= 0.6 is 0 Å². The fourth-order valence-corrected chi connectivity index (χ4v) is 2.56. The van der Waals surface area contributed by atoms with E-state index in [0.717, 1.165) is 32.1 Å². The SMILES string of the molecule is CC(C(=O)NC1CC1)N1CCCCCC1C(=O)O. The second-order valence-electron chi connectivity index (χ2n) is 5.40. The van der Waals surface area contributed by atoms with E-state index in [2.05, 4.69) is 5.32 Å². The zero-order valence-corrected chi connectivity index (χ0v) is 10.9. The van der Waals surface area contributed by atoms with Crippen molar-refractivity contribution < 1.29 is 14.7 Å². The van der Waals surface area contributed by atoms with Crippen molar-refractivity contribution in [1.82, 2.24) is 10.2 Å². The summed E-state index contributed by atoms with van der Waals surface area (Å²) >= 11 is 0. The number of carbonyl (C=O) groups is 2. The fourth-order valence-electron chi connectivity index (χ4n) is 2.56. The normalized spacial score (nSPS) is 27.3. The third-order valence-electron chi connectivity index (χ3n) is 3.88. The highest BCUT2D eigenvalue weighted by atomic mass is 16.4. The van der Waals surface area contributed by atoms with Gasteiger partial charge in [-0.3, -0.25) is 14.5 Å². The predicted octanol–water partition coefficient (Wildman–Crippen LogP) is 0.983. The highest BCUT2D eigenvalue weighted by Gasteiger charge is 2.35. The van der Waals surface area contributed by atoms with Crippen molar-refractivity contribution in [3.8, 4) is 0 Å². The molecule has 5 heteroatoms. The minimum Gasteiger partial charge on any atom is -0.480 e. The van der Waals surface area contributed by atoms with Crippen LogP contribution in [-0.2, 0) is 9.59 Å². The van der Waals surface area contributed by atoms with E-state index in [-0.39, 0.29) is 11.9 Å². The van der Waals surface area contributed by atoms with Gasteiger partial charge in [-0.15, -0.1) is 0 Å². The number of rotatable bonds is 4. The summed E-state index contributed by atoms with van der Waals surface area (Å²) in [5.74, 6) is -0.825. The van der Waals surface area contributed by atoms with Gasteiger partial charge in [-0.1, -0.05) is 12.8 Å². The minimum absolute atomic E-state index is 0.0225. The Morgan fingerprint density at radius 3 is 2.56 bits per heavy atom. The van der Waals surface area contributed by atoms with E-state index in [1.165, 1.54) is 0 Å². The predicted molar refractivity (Wildman–Crippen MR) is 67.2 cm³/mol. The van der Waals surface area contributed by atoms with Crippen LogP contribution in [0.2, 0.25) is 0 Å². The van der Waals surface area contributed by atoms with Gasteiger partial charge >= 0.3 is 5.97 Å². The molecule has 0 radical (unpaired) electrons. The number of nitrogens with zero attached hydrogens (tertiary/aromatic N) is 1. The molecule has 1 saturated heterocycles. The van der Waals surface area contributed by atoms with Gasteiger partial charge in [0.15, 0.2) is 0 Å². The van der Waals surface area contributed by atoms with Crippen LogP contribution in [0.4, 0.5) is 0 Å². The molecule has 0 aromatic heterocycles. The molecule has 2 fully saturated rings. The average molecular weight is 254 g/mol. The lowest BCUT2D eigenvalue weighted by molar-refractivity contribution is -0.145. The third-order valence-corrected chi connectivity index (χ3v) is 3.88. The summed E-state index contributed by atoms with van der Waals surface area (Å²) in [6.45, 7) is 2.52. The summed E-state index contributed by atoms with van der Waals surface area (Å²) in [4.78, 5) is 25.2. The first-order valence-corrected chi connectivity index (χ1v) is 6.88. The van der Waals surface area contributed by atoms with Crippen LogP contribution in [0.3, 0.4) is 0 Å². The summed E-state index contributed by atoms with van der Waals surface area (Å²) in [5.41, 5.74) is 0. The molecule has 1 aliphatic heterocycles. The Balaban J connectivity index is 2.00. The molecule has 2 rings (SSSR count). The lowest BCUT2D eigenvalue weighted by atomic mass is 10.1. The van der Waals surface area contributed by atoms with Crippen LogP contribution in [0, 0.1) is 0 Å². The maximum absolute atomic E-state index is 12.0. The highest BCUT2D eigenvalue weighted by molar-refractivity contribution is 5.83. The van der Waals surface area contributed by atoms with Gasteiger partial charge in [0.05, 0.1) is 6.04 Å². The number of aliphatic carboxylic acids is 1. The Kier molecular flexibility index (Phi) is 4.22. The molecule has 1 saturated carbocycles. The van der Waals surface area contributed by atoms with Crippen molar-refractivity contribution in [1.29, 1.82) is 0 Å². The van der Waals surface area contributed by atoms with E-state index in [4.69, 9.17) is 0 Å². The number of carboxylic acids is 1. The zero-order valence-electron chi connectivity index (χ0n) is 10.9. The number of amides is 1. The lowest BCUT2D eigenvalue weighted by Crippen LogP contribution is -2.52. The molecule has 0 bridgehead atoms. The van der Waals surface area contributed by atoms with Gasteiger partial charge in [0, 0.05) is 6.04 Å². The van der Waals surface area contributed by atoms with Crippen molar-refractivity contribution in [2.45, 2.75) is 63.6 Å². The maximum Gasteiger partial charge on any atom is 0.320 e. The van der Waals surface area contributed by atoms with Crippen LogP contribution in [-0.4, -0.2) is 46.6 Å². The molecule has 2 aliphatic rings. The second kappa shape index (κ2) is 5.69. The Morgan fingerprint density at radius 1 is 1.22 bits per heavy atom. The van der Waals surface area contributed by atoms with Gasteiger partial charge in [-0.2, -0.15) is 0 Å². The van der Waals surface area contributed by atoms with Crippen molar-refractivity contribution in [2.24, 2.45) is 0 Å². The largest absolute Gasteiger partial charge is 0.480 e. The van der Waals surface area contributed by atoms with E-state index < -0.39 is 12.0 Å². The van der Waals surface area contributed by atoms with E-state index in [9.17, 15) is 14.7 Å². The molecule has 18 heavy (non-hydrogen) atoms. The number of carboxylic acid groups (broad SMARTS) is 1. The molecule has 2 unspecified atom stereocenters. The Hall–Kier alpha value is -1.10. The molecule has 2 atom stereocenters. The van der Waals surface area contributed by atoms with Crippen molar-refractivity contribution in [2.75, 3.05) is 6.54 Å². The van der Waals surface area contributed by atoms with Gasteiger partial charge in [0.25, 0.3) is 0 Å². The smallest absolute Gasteiger partial charge is 0.320 e. The quantitative estimate of drug-likeness (QED) is 0.784. The molecule has 0 aromatic rings.